The lowest BCUT2D eigenvalue weighted by Gasteiger charge is -2.18. The van der Waals surface area contributed by atoms with Gasteiger partial charge in [0.1, 0.15) is 13.2 Å². The molecule has 4 rings (SSSR count). The zero-order valence-electron chi connectivity index (χ0n) is 13.6. The minimum absolute atomic E-state index is 0.0484. The quantitative estimate of drug-likeness (QED) is 0.867. The van der Waals surface area contributed by atoms with Crippen molar-refractivity contribution in [2.75, 3.05) is 17.9 Å². The fourth-order valence-corrected chi connectivity index (χ4v) is 4.14. The normalized spacial score (nSPS) is 17.6. The van der Waals surface area contributed by atoms with Gasteiger partial charge in [-0.2, -0.15) is 0 Å². The molecule has 1 aliphatic heterocycles. The van der Waals surface area contributed by atoms with Gasteiger partial charge in [0.15, 0.2) is 11.5 Å². The number of hydrogen-bond donors (Lipinski definition) is 1. The number of hydrogen-bond acceptors (Lipinski definition) is 7. The van der Waals surface area contributed by atoms with E-state index < -0.39 is 10.0 Å². The molecule has 0 bridgehead atoms. The number of benzene rings is 1. The van der Waals surface area contributed by atoms with Crippen molar-refractivity contribution in [3.63, 3.8) is 0 Å². The number of aromatic nitrogens is 2. The van der Waals surface area contributed by atoms with Gasteiger partial charge in [0, 0.05) is 12.5 Å². The average molecular weight is 365 g/mol. The number of rotatable bonds is 5. The third-order valence-corrected chi connectivity index (χ3v) is 5.77. The molecule has 1 saturated carbocycles. The summed E-state index contributed by atoms with van der Waals surface area (Å²) in [6.45, 7) is 0.835. The molecule has 2 aliphatic rings. The van der Waals surface area contributed by atoms with E-state index in [9.17, 15) is 8.42 Å². The van der Waals surface area contributed by atoms with Crippen molar-refractivity contribution in [2.45, 2.75) is 37.0 Å². The first-order valence-electron chi connectivity index (χ1n) is 8.35. The molecule has 1 aliphatic carbocycles. The molecule has 1 aromatic heterocycles. The first-order chi connectivity index (χ1) is 12.1. The van der Waals surface area contributed by atoms with Gasteiger partial charge in [-0.15, -0.1) is 5.10 Å². The molecule has 1 N–H and O–H groups in total. The lowest BCUT2D eigenvalue weighted by Crippen LogP contribution is -2.17. The van der Waals surface area contributed by atoms with Crippen LogP contribution in [-0.4, -0.2) is 31.8 Å². The van der Waals surface area contributed by atoms with Crippen LogP contribution in [0.2, 0.25) is 0 Å². The van der Waals surface area contributed by atoms with Crippen molar-refractivity contribution >= 4 is 16.0 Å². The summed E-state index contributed by atoms with van der Waals surface area (Å²) in [6, 6.07) is 4.32. The summed E-state index contributed by atoms with van der Waals surface area (Å²) >= 11 is 0. The minimum atomic E-state index is -3.84. The van der Waals surface area contributed by atoms with Gasteiger partial charge in [0.25, 0.3) is 10.0 Å². The maximum atomic E-state index is 12.5. The summed E-state index contributed by atoms with van der Waals surface area (Å²) in [7, 11) is -3.84. The van der Waals surface area contributed by atoms with Crippen LogP contribution < -0.4 is 14.2 Å². The Morgan fingerprint density at radius 2 is 1.84 bits per heavy atom. The van der Waals surface area contributed by atoms with Crippen LogP contribution in [0, 0.1) is 5.92 Å². The third kappa shape index (κ3) is 3.55. The maximum absolute atomic E-state index is 12.5. The van der Waals surface area contributed by atoms with Crippen LogP contribution in [0.5, 0.6) is 11.5 Å². The molecular formula is C16H19N3O5S. The van der Waals surface area contributed by atoms with E-state index in [4.69, 9.17) is 13.9 Å². The van der Waals surface area contributed by atoms with E-state index in [2.05, 4.69) is 14.9 Å². The molecule has 9 heteroatoms. The Labute approximate surface area is 145 Å². The Morgan fingerprint density at radius 3 is 2.64 bits per heavy atom. The van der Waals surface area contributed by atoms with Crippen LogP contribution in [-0.2, 0) is 16.4 Å². The number of ether oxygens (including phenoxy) is 2. The van der Waals surface area contributed by atoms with E-state index in [1.807, 2.05) is 0 Å². The molecule has 0 saturated heterocycles. The van der Waals surface area contributed by atoms with Gasteiger partial charge in [-0.05, 0) is 30.9 Å². The van der Waals surface area contributed by atoms with Crippen molar-refractivity contribution in [3.05, 3.63) is 24.1 Å². The number of nitrogens with zero attached hydrogens (tertiary/aromatic N) is 2. The molecule has 0 radical (unpaired) electrons. The topological polar surface area (TPSA) is 104 Å². The van der Waals surface area contributed by atoms with Gasteiger partial charge in [0.05, 0.1) is 4.90 Å². The molecule has 134 valence electrons. The van der Waals surface area contributed by atoms with Gasteiger partial charge in [0.2, 0.25) is 5.89 Å². The van der Waals surface area contributed by atoms with Crippen LogP contribution in [0.25, 0.3) is 0 Å². The monoisotopic (exact) mass is 365 g/mol. The Kier molecular flexibility index (Phi) is 4.24. The minimum Gasteiger partial charge on any atom is -0.486 e. The lowest BCUT2D eigenvalue weighted by molar-refractivity contribution is 0.171. The molecule has 0 unspecified atom stereocenters. The molecule has 2 heterocycles. The van der Waals surface area contributed by atoms with Crippen LogP contribution >= 0.6 is 0 Å². The zero-order chi connectivity index (χ0) is 17.3. The van der Waals surface area contributed by atoms with Crippen LogP contribution in [0.3, 0.4) is 0 Å². The second-order valence-corrected chi connectivity index (χ2v) is 7.95. The fraction of sp³-hybridized carbons (Fsp3) is 0.500. The van der Waals surface area contributed by atoms with Gasteiger partial charge < -0.3 is 13.9 Å². The number of sulfonamides is 1. The van der Waals surface area contributed by atoms with E-state index in [0.29, 0.717) is 42.9 Å². The summed E-state index contributed by atoms with van der Waals surface area (Å²) in [4.78, 5) is 0.0484. The van der Waals surface area contributed by atoms with E-state index >= 15 is 0 Å². The molecular weight excluding hydrogens is 346 g/mol. The number of nitrogens with one attached hydrogen (secondary N) is 1. The Morgan fingerprint density at radius 1 is 1.08 bits per heavy atom. The maximum Gasteiger partial charge on any atom is 0.329 e. The summed E-state index contributed by atoms with van der Waals surface area (Å²) in [5, 5.41) is 7.73. The van der Waals surface area contributed by atoms with E-state index in [1.54, 1.807) is 6.07 Å². The Balaban J connectivity index is 1.48. The highest BCUT2D eigenvalue weighted by Gasteiger charge is 2.23. The van der Waals surface area contributed by atoms with Crippen LogP contribution in [0.1, 0.15) is 31.6 Å². The molecule has 0 spiro atoms. The molecule has 0 amide bonds. The van der Waals surface area contributed by atoms with Crippen LogP contribution in [0.4, 0.5) is 6.01 Å². The van der Waals surface area contributed by atoms with Gasteiger partial charge in [-0.1, -0.05) is 17.9 Å². The summed E-state index contributed by atoms with van der Waals surface area (Å²) < 4.78 is 43.6. The summed E-state index contributed by atoms with van der Waals surface area (Å²) in [5.41, 5.74) is 0. The van der Waals surface area contributed by atoms with Crippen molar-refractivity contribution in [3.8, 4) is 11.5 Å². The summed E-state index contributed by atoms with van der Waals surface area (Å²) in [6.07, 6.45) is 5.45. The molecule has 25 heavy (non-hydrogen) atoms. The van der Waals surface area contributed by atoms with Crippen molar-refractivity contribution in [1.29, 1.82) is 0 Å². The first-order valence-corrected chi connectivity index (χ1v) is 9.83. The molecule has 1 aromatic carbocycles. The second-order valence-electron chi connectivity index (χ2n) is 6.27. The SMILES string of the molecule is O=S(=O)(Nc1nnc(CC2CCCC2)o1)c1ccc2c(c1)OCCO2. The molecule has 2 aromatic rings. The highest BCUT2D eigenvalue weighted by atomic mass is 32.2. The molecule has 8 nitrogen and oxygen atoms in total. The van der Waals surface area contributed by atoms with Crippen molar-refractivity contribution < 1.29 is 22.3 Å². The van der Waals surface area contributed by atoms with E-state index in [0.717, 1.165) is 12.8 Å². The first kappa shape index (κ1) is 16.2. The lowest BCUT2D eigenvalue weighted by atomic mass is 10.0. The standard InChI is InChI=1S/C16H19N3O5S/c20-25(21,12-5-6-13-14(10-12)23-8-7-22-13)19-16-18-17-15(24-16)9-11-3-1-2-4-11/h5-6,10-11H,1-4,7-9H2,(H,18,19). The van der Waals surface area contributed by atoms with Gasteiger partial charge in [-0.3, -0.25) is 0 Å². The Hall–Kier alpha value is -2.29. The van der Waals surface area contributed by atoms with Crippen molar-refractivity contribution in [2.24, 2.45) is 5.92 Å². The average Bonchev–Trinajstić information content (AvgIpc) is 3.27. The third-order valence-electron chi connectivity index (χ3n) is 4.45. The predicted octanol–water partition coefficient (Wildman–Crippen LogP) is 2.37. The molecule has 0 atom stereocenters. The fourth-order valence-electron chi connectivity index (χ4n) is 3.20. The highest BCUT2D eigenvalue weighted by Crippen LogP contribution is 2.33. The highest BCUT2D eigenvalue weighted by molar-refractivity contribution is 7.92. The van der Waals surface area contributed by atoms with Gasteiger partial charge >= 0.3 is 6.01 Å². The predicted molar refractivity (Wildman–Crippen MR) is 88.2 cm³/mol. The molecule has 1 fully saturated rings. The number of anilines is 1. The zero-order valence-corrected chi connectivity index (χ0v) is 14.4. The summed E-state index contributed by atoms with van der Waals surface area (Å²) in [5.74, 6) is 1.94. The smallest absolute Gasteiger partial charge is 0.329 e. The number of fused-ring (bicyclic) bond motifs is 1. The van der Waals surface area contributed by atoms with E-state index in [1.165, 1.54) is 25.0 Å². The van der Waals surface area contributed by atoms with Gasteiger partial charge in [-0.25, -0.2) is 13.1 Å². The van der Waals surface area contributed by atoms with Crippen LogP contribution in [0.15, 0.2) is 27.5 Å². The largest absolute Gasteiger partial charge is 0.486 e. The Bertz CT molecular complexity index is 858. The van der Waals surface area contributed by atoms with E-state index in [-0.39, 0.29) is 10.9 Å². The second kappa shape index (κ2) is 6.55. The van der Waals surface area contributed by atoms with Crippen molar-refractivity contribution in [1.82, 2.24) is 10.2 Å².